The maximum absolute atomic E-state index is 4.15. The molecule has 5 heteroatoms. The summed E-state index contributed by atoms with van der Waals surface area (Å²) in [6, 6.07) is 8.67. The molecular formula is C14H19BrN4. The quantitative estimate of drug-likeness (QED) is 0.889. The number of rotatable bonds is 6. The molecule has 19 heavy (non-hydrogen) atoms. The monoisotopic (exact) mass is 322 g/mol. The number of hydrogen-bond donors (Lipinski definition) is 1. The van der Waals surface area contributed by atoms with Gasteiger partial charge in [0.1, 0.15) is 0 Å². The van der Waals surface area contributed by atoms with E-state index in [0.717, 1.165) is 29.6 Å². The highest BCUT2D eigenvalue weighted by Crippen LogP contribution is 2.19. The highest BCUT2D eigenvalue weighted by atomic mass is 79.9. The Balaban J connectivity index is 2.15. The molecule has 0 fully saturated rings. The molecular weight excluding hydrogens is 304 g/mol. The molecule has 0 aliphatic rings. The zero-order valence-corrected chi connectivity index (χ0v) is 12.9. The van der Waals surface area contributed by atoms with Gasteiger partial charge in [0.15, 0.2) is 0 Å². The van der Waals surface area contributed by atoms with E-state index in [1.54, 1.807) is 0 Å². The number of halogens is 1. The van der Waals surface area contributed by atoms with Crippen LogP contribution >= 0.6 is 15.9 Å². The van der Waals surface area contributed by atoms with Crippen molar-refractivity contribution in [2.45, 2.75) is 32.4 Å². The molecule has 0 aliphatic carbocycles. The Morgan fingerprint density at radius 1 is 1.32 bits per heavy atom. The van der Waals surface area contributed by atoms with E-state index in [9.17, 15) is 0 Å². The highest BCUT2D eigenvalue weighted by molar-refractivity contribution is 9.10. The minimum Gasteiger partial charge on any atom is -0.311 e. The van der Waals surface area contributed by atoms with Crippen molar-refractivity contribution < 1.29 is 0 Å². The standard InChI is InChI=1S/C14H19BrN4/c1-3-8-19-14(10-17-18-19)13(16-2)9-11-4-6-12(15)7-5-11/h4-7,10,13,16H,3,8-9H2,1-2H3. The normalized spacial score (nSPS) is 12.6. The van der Waals surface area contributed by atoms with Gasteiger partial charge in [-0.15, -0.1) is 5.10 Å². The second kappa shape index (κ2) is 6.82. The molecule has 0 amide bonds. The molecule has 2 aromatic rings. The topological polar surface area (TPSA) is 42.7 Å². The van der Waals surface area contributed by atoms with Crippen molar-refractivity contribution >= 4 is 15.9 Å². The van der Waals surface area contributed by atoms with Crippen LogP contribution in [0.5, 0.6) is 0 Å². The number of nitrogens with zero attached hydrogens (tertiary/aromatic N) is 3. The van der Waals surface area contributed by atoms with E-state index in [1.807, 2.05) is 17.9 Å². The Kier molecular flexibility index (Phi) is 5.10. The van der Waals surface area contributed by atoms with Gasteiger partial charge in [0.25, 0.3) is 0 Å². The molecule has 1 aromatic heterocycles. The Labute approximate surface area is 122 Å². The number of nitrogens with one attached hydrogen (secondary N) is 1. The van der Waals surface area contributed by atoms with Crippen LogP contribution in [0.4, 0.5) is 0 Å². The summed E-state index contributed by atoms with van der Waals surface area (Å²) in [6.45, 7) is 3.06. The van der Waals surface area contributed by atoms with Gasteiger partial charge in [0, 0.05) is 11.0 Å². The van der Waals surface area contributed by atoms with E-state index in [4.69, 9.17) is 0 Å². The van der Waals surface area contributed by atoms with E-state index in [-0.39, 0.29) is 6.04 Å². The fraction of sp³-hybridized carbons (Fsp3) is 0.429. The summed E-state index contributed by atoms with van der Waals surface area (Å²) in [7, 11) is 1.98. The first kappa shape index (κ1) is 14.2. The maximum atomic E-state index is 4.15. The molecule has 0 aliphatic heterocycles. The molecule has 1 N–H and O–H groups in total. The van der Waals surface area contributed by atoms with Gasteiger partial charge in [-0.1, -0.05) is 40.2 Å². The summed E-state index contributed by atoms with van der Waals surface area (Å²) in [5.41, 5.74) is 2.44. The lowest BCUT2D eigenvalue weighted by molar-refractivity contribution is 0.490. The van der Waals surface area contributed by atoms with Crippen LogP contribution in [0.3, 0.4) is 0 Å². The minimum atomic E-state index is 0.239. The van der Waals surface area contributed by atoms with Gasteiger partial charge in [0.05, 0.1) is 17.9 Å². The van der Waals surface area contributed by atoms with Crippen molar-refractivity contribution in [3.05, 3.63) is 46.2 Å². The van der Waals surface area contributed by atoms with E-state index in [2.05, 4.69) is 62.7 Å². The van der Waals surface area contributed by atoms with Crippen molar-refractivity contribution in [3.63, 3.8) is 0 Å². The van der Waals surface area contributed by atoms with Gasteiger partial charge >= 0.3 is 0 Å². The number of hydrogen-bond acceptors (Lipinski definition) is 3. The lowest BCUT2D eigenvalue weighted by Crippen LogP contribution is -2.22. The molecule has 0 saturated heterocycles. The highest BCUT2D eigenvalue weighted by Gasteiger charge is 2.15. The lowest BCUT2D eigenvalue weighted by atomic mass is 10.0. The van der Waals surface area contributed by atoms with Crippen molar-refractivity contribution in [1.29, 1.82) is 0 Å². The Hall–Kier alpha value is -1.20. The molecule has 4 nitrogen and oxygen atoms in total. The third-order valence-corrected chi connectivity index (χ3v) is 3.67. The number of aryl methyl sites for hydroxylation is 1. The van der Waals surface area contributed by atoms with Crippen LogP contribution in [0.2, 0.25) is 0 Å². The molecule has 2 rings (SSSR count). The SMILES string of the molecule is CCCn1nncc1C(Cc1ccc(Br)cc1)NC. The molecule has 0 spiro atoms. The van der Waals surface area contributed by atoms with Crippen molar-refractivity contribution in [1.82, 2.24) is 20.3 Å². The minimum absolute atomic E-state index is 0.239. The molecule has 0 radical (unpaired) electrons. The van der Waals surface area contributed by atoms with Gasteiger partial charge in [-0.3, -0.25) is 0 Å². The molecule has 1 heterocycles. The summed E-state index contributed by atoms with van der Waals surface area (Å²) in [5.74, 6) is 0. The van der Waals surface area contributed by atoms with E-state index >= 15 is 0 Å². The zero-order valence-electron chi connectivity index (χ0n) is 11.3. The average molecular weight is 323 g/mol. The predicted molar refractivity (Wildman–Crippen MR) is 80.0 cm³/mol. The fourth-order valence-electron chi connectivity index (χ4n) is 2.13. The van der Waals surface area contributed by atoms with Gasteiger partial charge in [-0.25, -0.2) is 4.68 Å². The molecule has 1 unspecified atom stereocenters. The fourth-order valence-corrected chi connectivity index (χ4v) is 2.40. The summed E-state index contributed by atoms with van der Waals surface area (Å²) in [4.78, 5) is 0. The van der Waals surface area contributed by atoms with Gasteiger partial charge in [-0.05, 0) is 37.6 Å². The van der Waals surface area contributed by atoms with Crippen LogP contribution < -0.4 is 5.32 Å². The lowest BCUT2D eigenvalue weighted by Gasteiger charge is -2.17. The van der Waals surface area contributed by atoms with Gasteiger partial charge in [0.2, 0.25) is 0 Å². The van der Waals surface area contributed by atoms with E-state index in [0.29, 0.717) is 0 Å². The summed E-state index contributed by atoms with van der Waals surface area (Å²) in [5, 5.41) is 11.5. The Bertz CT molecular complexity index is 506. The smallest absolute Gasteiger partial charge is 0.0759 e. The first-order valence-electron chi connectivity index (χ1n) is 6.54. The molecule has 0 saturated carbocycles. The third kappa shape index (κ3) is 3.64. The van der Waals surface area contributed by atoms with Crippen LogP contribution in [0.15, 0.2) is 34.9 Å². The molecule has 1 atom stereocenters. The molecule has 0 bridgehead atoms. The Morgan fingerprint density at radius 3 is 2.68 bits per heavy atom. The summed E-state index contributed by atoms with van der Waals surface area (Å²) >= 11 is 3.46. The van der Waals surface area contributed by atoms with Crippen LogP contribution in [-0.4, -0.2) is 22.0 Å². The van der Waals surface area contributed by atoms with Crippen molar-refractivity contribution in [3.8, 4) is 0 Å². The second-order valence-electron chi connectivity index (χ2n) is 4.55. The van der Waals surface area contributed by atoms with Crippen LogP contribution in [0, 0.1) is 0 Å². The van der Waals surface area contributed by atoms with Crippen LogP contribution in [0.1, 0.15) is 30.6 Å². The van der Waals surface area contributed by atoms with E-state index in [1.165, 1.54) is 5.56 Å². The predicted octanol–water partition coefficient (Wildman–Crippen LogP) is 2.95. The van der Waals surface area contributed by atoms with Gasteiger partial charge in [-0.2, -0.15) is 0 Å². The zero-order chi connectivity index (χ0) is 13.7. The first-order valence-corrected chi connectivity index (χ1v) is 7.34. The average Bonchev–Trinajstić information content (AvgIpc) is 2.87. The van der Waals surface area contributed by atoms with Crippen LogP contribution in [-0.2, 0) is 13.0 Å². The largest absolute Gasteiger partial charge is 0.311 e. The third-order valence-electron chi connectivity index (χ3n) is 3.14. The maximum Gasteiger partial charge on any atom is 0.0759 e. The second-order valence-corrected chi connectivity index (χ2v) is 5.47. The number of aromatic nitrogens is 3. The first-order chi connectivity index (χ1) is 9.24. The van der Waals surface area contributed by atoms with Crippen molar-refractivity contribution in [2.24, 2.45) is 0 Å². The molecule has 102 valence electrons. The Morgan fingerprint density at radius 2 is 2.05 bits per heavy atom. The number of benzene rings is 1. The number of likely N-dealkylation sites (N-methyl/N-ethyl adjacent to an activating group) is 1. The van der Waals surface area contributed by atoms with Crippen molar-refractivity contribution in [2.75, 3.05) is 7.05 Å². The summed E-state index contributed by atoms with van der Waals surface area (Å²) < 4.78 is 3.09. The molecule has 1 aromatic carbocycles. The van der Waals surface area contributed by atoms with Crippen LogP contribution in [0.25, 0.3) is 0 Å². The summed E-state index contributed by atoms with van der Waals surface area (Å²) in [6.07, 6.45) is 3.85. The van der Waals surface area contributed by atoms with Gasteiger partial charge < -0.3 is 5.32 Å². The van der Waals surface area contributed by atoms with E-state index < -0.39 is 0 Å².